The van der Waals surface area contributed by atoms with Gasteiger partial charge in [0.15, 0.2) is 0 Å². The van der Waals surface area contributed by atoms with Gasteiger partial charge in [0.2, 0.25) is 0 Å². The number of rotatable bonds is 8. The quantitative estimate of drug-likeness (QED) is 0.398. The van der Waals surface area contributed by atoms with Crippen LogP contribution in [0.1, 0.15) is 0 Å². The number of hydrogen-bond acceptors (Lipinski definition) is 1. The Balaban J connectivity index is 0. The molecular formula is C12H23NO3P+. The van der Waals surface area contributed by atoms with Gasteiger partial charge in [-0.25, -0.2) is 0 Å². The Morgan fingerprint density at radius 3 is 1.12 bits per heavy atom. The summed E-state index contributed by atoms with van der Waals surface area (Å²) in [7, 11) is -3.13. The Labute approximate surface area is 104 Å². The molecule has 0 radical (unpaired) electrons. The van der Waals surface area contributed by atoms with E-state index in [1.807, 2.05) is 24.3 Å². The van der Waals surface area contributed by atoms with Gasteiger partial charge in [-0.1, -0.05) is 26.3 Å². The van der Waals surface area contributed by atoms with Crippen molar-refractivity contribution in [3.63, 3.8) is 0 Å². The van der Waals surface area contributed by atoms with Crippen molar-refractivity contribution in [2.75, 3.05) is 26.2 Å². The Kier molecular flexibility index (Phi) is 12.5. The zero-order chi connectivity index (χ0) is 13.7. The van der Waals surface area contributed by atoms with Gasteiger partial charge >= 0.3 is 8.25 Å². The molecule has 4 nitrogen and oxygen atoms in total. The van der Waals surface area contributed by atoms with E-state index in [2.05, 4.69) is 26.3 Å². The topological polar surface area (TPSA) is 57.5 Å². The molecule has 98 valence electrons. The van der Waals surface area contributed by atoms with Crippen LogP contribution in [-0.4, -0.2) is 40.4 Å². The molecule has 0 aromatic heterocycles. The van der Waals surface area contributed by atoms with E-state index in [-0.39, 0.29) is 0 Å². The SMILES string of the molecule is C=CC[N+](CC=C)(CC=C)CC=C.O=[PH](O)O. The van der Waals surface area contributed by atoms with Crippen molar-refractivity contribution < 1.29 is 18.8 Å². The molecule has 0 aliphatic rings. The molecule has 0 heterocycles. The molecule has 2 N–H and O–H groups in total. The zero-order valence-corrected chi connectivity index (χ0v) is 11.2. The fraction of sp³-hybridized carbons (Fsp3) is 0.333. The molecule has 5 heteroatoms. The van der Waals surface area contributed by atoms with E-state index in [0.29, 0.717) is 0 Å². The van der Waals surface area contributed by atoms with Crippen molar-refractivity contribution >= 4 is 8.25 Å². The summed E-state index contributed by atoms with van der Waals surface area (Å²) in [5.74, 6) is 0. The molecule has 0 unspecified atom stereocenters. The highest BCUT2D eigenvalue weighted by Crippen LogP contribution is 2.07. The van der Waals surface area contributed by atoms with Gasteiger partial charge in [-0.05, 0) is 24.3 Å². The van der Waals surface area contributed by atoms with E-state index in [4.69, 9.17) is 14.4 Å². The van der Waals surface area contributed by atoms with E-state index in [9.17, 15) is 0 Å². The van der Waals surface area contributed by atoms with Gasteiger partial charge in [-0.15, -0.1) is 0 Å². The Morgan fingerprint density at radius 2 is 1.00 bits per heavy atom. The maximum absolute atomic E-state index is 8.74. The van der Waals surface area contributed by atoms with Crippen molar-refractivity contribution in [3.8, 4) is 0 Å². The molecule has 0 atom stereocenters. The smallest absolute Gasteiger partial charge is 0.314 e. The highest BCUT2D eigenvalue weighted by Gasteiger charge is 2.20. The molecule has 17 heavy (non-hydrogen) atoms. The predicted octanol–water partition coefficient (Wildman–Crippen LogP) is 1.91. The molecule has 0 fully saturated rings. The summed E-state index contributed by atoms with van der Waals surface area (Å²) >= 11 is 0. The fourth-order valence-corrected chi connectivity index (χ4v) is 1.54. The monoisotopic (exact) mass is 260 g/mol. The van der Waals surface area contributed by atoms with E-state index < -0.39 is 8.25 Å². The maximum atomic E-state index is 8.74. The van der Waals surface area contributed by atoms with Gasteiger partial charge < -0.3 is 14.3 Å². The summed E-state index contributed by atoms with van der Waals surface area (Å²) in [6.45, 7) is 18.8. The van der Waals surface area contributed by atoms with Crippen LogP contribution >= 0.6 is 8.25 Å². The summed E-state index contributed by atoms with van der Waals surface area (Å²) in [4.78, 5) is 14.3. The summed E-state index contributed by atoms with van der Waals surface area (Å²) in [6.07, 6.45) is 7.76. The average Bonchev–Trinajstić information content (AvgIpc) is 2.18. The van der Waals surface area contributed by atoms with Gasteiger partial charge in [0, 0.05) is 0 Å². The normalized spacial score (nSPS) is 10.1. The lowest BCUT2D eigenvalue weighted by Gasteiger charge is -2.35. The lowest BCUT2D eigenvalue weighted by atomic mass is 10.3. The third-order valence-corrected chi connectivity index (χ3v) is 2.07. The Morgan fingerprint density at radius 1 is 0.824 bits per heavy atom. The maximum Gasteiger partial charge on any atom is 0.314 e. The van der Waals surface area contributed by atoms with Crippen LogP contribution in [0.5, 0.6) is 0 Å². The van der Waals surface area contributed by atoms with Crippen LogP contribution in [0, 0.1) is 0 Å². The summed E-state index contributed by atoms with van der Waals surface area (Å²) < 4.78 is 9.64. The highest BCUT2D eigenvalue weighted by molar-refractivity contribution is 7.30. The molecule has 0 aromatic carbocycles. The Bertz CT molecular complexity index is 227. The minimum absolute atomic E-state index is 0.903. The lowest BCUT2D eigenvalue weighted by Crippen LogP contribution is -2.48. The second-order valence-electron chi connectivity index (χ2n) is 3.51. The van der Waals surface area contributed by atoms with Crippen LogP contribution in [0.2, 0.25) is 0 Å². The summed E-state index contributed by atoms with van der Waals surface area (Å²) in [6, 6.07) is 0. The molecule has 0 bridgehead atoms. The average molecular weight is 260 g/mol. The van der Waals surface area contributed by atoms with Gasteiger partial charge in [0.1, 0.15) is 0 Å². The first-order valence-corrected chi connectivity index (χ1v) is 6.48. The second kappa shape index (κ2) is 11.6. The number of hydrogen-bond donors (Lipinski definition) is 2. The van der Waals surface area contributed by atoms with Crippen molar-refractivity contribution in [2.24, 2.45) is 0 Å². The molecule has 0 amide bonds. The van der Waals surface area contributed by atoms with Crippen molar-refractivity contribution in [1.29, 1.82) is 0 Å². The van der Waals surface area contributed by atoms with Crippen molar-refractivity contribution in [1.82, 2.24) is 0 Å². The molecule has 0 spiro atoms. The molecule has 0 rings (SSSR count). The first-order valence-electron chi connectivity index (χ1n) is 5.18. The minimum atomic E-state index is -3.13. The summed E-state index contributed by atoms with van der Waals surface area (Å²) in [5, 5.41) is 0. The zero-order valence-electron chi connectivity index (χ0n) is 10.2. The molecule has 0 aliphatic carbocycles. The number of nitrogens with zero attached hydrogens (tertiary/aromatic N) is 1. The van der Waals surface area contributed by atoms with Crippen LogP contribution in [0.15, 0.2) is 50.6 Å². The van der Waals surface area contributed by atoms with Crippen molar-refractivity contribution in [2.45, 2.75) is 0 Å². The fourth-order valence-electron chi connectivity index (χ4n) is 1.54. The van der Waals surface area contributed by atoms with Crippen LogP contribution in [0.25, 0.3) is 0 Å². The van der Waals surface area contributed by atoms with Gasteiger partial charge in [-0.2, -0.15) is 0 Å². The second-order valence-corrected chi connectivity index (χ2v) is 4.07. The van der Waals surface area contributed by atoms with Gasteiger partial charge in [0.05, 0.1) is 26.2 Å². The molecule has 0 aromatic rings. The van der Waals surface area contributed by atoms with Crippen LogP contribution in [0.4, 0.5) is 0 Å². The van der Waals surface area contributed by atoms with Crippen LogP contribution in [-0.2, 0) is 4.57 Å². The van der Waals surface area contributed by atoms with E-state index in [0.717, 1.165) is 30.7 Å². The number of quaternary nitrogens is 1. The predicted molar refractivity (Wildman–Crippen MR) is 74.0 cm³/mol. The van der Waals surface area contributed by atoms with E-state index >= 15 is 0 Å². The first kappa shape index (κ1) is 18.4. The largest absolute Gasteiger partial charge is 0.326 e. The molecule has 0 aliphatic heterocycles. The third-order valence-electron chi connectivity index (χ3n) is 2.07. The molecular weight excluding hydrogens is 237 g/mol. The van der Waals surface area contributed by atoms with Crippen molar-refractivity contribution in [3.05, 3.63) is 50.6 Å². The molecule has 0 saturated carbocycles. The van der Waals surface area contributed by atoms with E-state index in [1.54, 1.807) is 0 Å². The van der Waals surface area contributed by atoms with Gasteiger partial charge in [0.25, 0.3) is 0 Å². The van der Waals surface area contributed by atoms with Gasteiger partial charge in [-0.3, -0.25) is 4.57 Å². The third kappa shape index (κ3) is 11.3. The van der Waals surface area contributed by atoms with Crippen LogP contribution in [0.3, 0.4) is 0 Å². The lowest BCUT2D eigenvalue weighted by molar-refractivity contribution is -0.906. The summed E-state index contributed by atoms with van der Waals surface area (Å²) in [5.41, 5.74) is 0. The minimum Gasteiger partial charge on any atom is -0.326 e. The van der Waals surface area contributed by atoms with Crippen LogP contribution < -0.4 is 0 Å². The van der Waals surface area contributed by atoms with E-state index in [1.165, 1.54) is 0 Å². The Hall–Kier alpha value is -0.930. The first-order chi connectivity index (χ1) is 7.97. The highest BCUT2D eigenvalue weighted by atomic mass is 31.1. The standard InChI is InChI=1S/C12H20N.H3O3P/c1-5-9-13(10-6-2,11-7-3)12-8-4;1-4(2)3/h5-8H,1-4,9-12H2;4H,(H2,1,2,3)/q+1;. The molecule has 0 saturated heterocycles.